The zero-order chi connectivity index (χ0) is 17.2. The number of hydrogen-bond donors (Lipinski definition) is 3. The molecule has 1 aliphatic heterocycles. The van der Waals surface area contributed by atoms with Crippen molar-refractivity contribution < 1.29 is 29.3 Å². The number of amides is 2. The van der Waals surface area contributed by atoms with Crippen LogP contribution in [-0.4, -0.2) is 52.3 Å². The van der Waals surface area contributed by atoms with Gasteiger partial charge in [0.25, 0.3) is 0 Å². The van der Waals surface area contributed by atoms with E-state index in [9.17, 15) is 24.6 Å². The Morgan fingerprint density at radius 1 is 1.35 bits per heavy atom. The monoisotopic (exact) mass is 322 g/mol. The number of benzene rings is 1. The molecule has 1 unspecified atom stereocenters. The van der Waals surface area contributed by atoms with E-state index in [0.29, 0.717) is 12.8 Å². The van der Waals surface area contributed by atoms with Crippen molar-refractivity contribution in [3.8, 4) is 5.75 Å². The number of esters is 1. The molecule has 1 atom stereocenters. The molecule has 2 rings (SSSR count). The normalized spacial score (nSPS) is 20.2. The molecule has 3 N–H and O–H groups in total. The second-order valence-electron chi connectivity index (χ2n) is 5.46. The van der Waals surface area contributed by atoms with E-state index in [1.165, 1.54) is 32.2 Å². The van der Waals surface area contributed by atoms with Crippen molar-refractivity contribution in [1.29, 1.82) is 0 Å². The summed E-state index contributed by atoms with van der Waals surface area (Å²) in [6.07, 6.45) is -0.222. The first-order valence-electron chi connectivity index (χ1n) is 7.03. The number of carbonyl (C=O) groups excluding carboxylic acids is 2. The number of rotatable bonds is 3. The Labute approximate surface area is 132 Å². The minimum absolute atomic E-state index is 0.0244. The number of carbonyl (C=O) groups is 3. The third kappa shape index (κ3) is 2.92. The van der Waals surface area contributed by atoms with Gasteiger partial charge in [-0.05, 0) is 31.9 Å². The number of phenols is 1. The Bertz CT molecular complexity index is 659. The summed E-state index contributed by atoms with van der Waals surface area (Å²) in [4.78, 5) is 36.4. The third-order valence-electron chi connectivity index (χ3n) is 4.05. The molecule has 1 aromatic rings. The molecule has 0 aliphatic carbocycles. The molecular formula is C15H18N2O6. The van der Waals surface area contributed by atoms with Crippen LogP contribution in [0, 0.1) is 0 Å². The molecule has 8 heteroatoms. The number of aromatic hydroxyl groups is 1. The topological polar surface area (TPSA) is 116 Å². The van der Waals surface area contributed by atoms with Crippen molar-refractivity contribution in [3.63, 3.8) is 0 Å². The van der Waals surface area contributed by atoms with E-state index in [4.69, 9.17) is 0 Å². The lowest BCUT2D eigenvalue weighted by molar-refractivity contribution is -0.124. The number of hydrogen-bond acceptors (Lipinski definition) is 5. The number of phenolic OH excluding ortho intramolecular Hbond substituents is 1. The van der Waals surface area contributed by atoms with Crippen molar-refractivity contribution in [1.82, 2.24) is 4.90 Å². The van der Waals surface area contributed by atoms with E-state index >= 15 is 0 Å². The third-order valence-corrected chi connectivity index (χ3v) is 4.05. The molecule has 0 aromatic heterocycles. The van der Waals surface area contributed by atoms with Crippen molar-refractivity contribution in [3.05, 3.63) is 23.8 Å². The number of carboxylic acid groups (broad SMARTS) is 1. The van der Waals surface area contributed by atoms with Crippen molar-refractivity contribution in [2.75, 3.05) is 19.0 Å². The van der Waals surface area contributed by atoms with E-state index in [0.717, 1.165) is 4.90 Å². The molecule has 8 nitrogen and oxygen atoms in total. The smallest absolute Gasteiger partial charge is 0.408 e. The molecular weight excluding hydrogens is 304 g/mol. The Morgan fingerprint density at radius 2 is 2.04 bits per heavy atom. The number of likely N-dealkylation sites (tertiary alicyclic amines) is 1. The van der Waals surface area contributed by atoms with Gasteiger partial charge in [-0.2, -0.15) is 0 Å². The number of methoxy groups -OCH3 is 1. The fourth-order valence-electron chi connectivity index (χ4n) is 2.68. The van der Waals surface area contributed by atoms with Crippen LogP contribution in [0.1, 0.15) is 30.1 Å². The highest BCUT2D eigenvalue weighted by Crippen LogP contribution is 2.33. The summed E-state index contributed by atoms with van der Waals surface area (Å²) in [5.74, 6) is -1.72. The van der Waals surface area contributed by atoms with Crippen LogP contribution in [0.15, 0.2) is 18.2 Å². The molecule has 0 saturated carbocycles. The van der Waals surface area contributed by atoms with Crippen LogP contribution in [0.2, 0.25) is 0 Å². The highest BCUT2D eigenvalue weighted by atomic mass is 16.5. The van der Waals surface area contributed by atoms with Crippen LogP contribution in [0.25, 0.3) is 0 Å². The van der Waals surface area contributed by atoms with Gasteiger partial charge in [-0.25, -0.2) is 9.59 Å². The first kappa shape index (κ1) is 16.6. The van der Waals surface area contributed by atoms with Gasteiger partial charge < -0.3 is 20.3 Å². The molecule has 1 heterocycles. The zero-order valence-electron chi connectivity index (χ0n) is 12.8. The number of para-hydroxylation sites is 1. The van der Waals surface area contributed by atoms with Crippen molar-refractivity contribution in [2.45, 2.75) is 25.3 Å². The lowest BCUT2D eigenvalue weighted by Gasteiger charge is -2.31. The van der Waals surface area contributed by atoms with E-state index in [1.54, 1.807) is 0 Å². The van der Waals surface area contributed by atoms with Gasteiger partial charge in [0.1, 0.15) is 11.1 Å². The van der Waals surface area contributed by atoms with E-state index in [2.05, 4.69) is 10.1 Å². The quantitative estimate of drug-likeness (QED) is 0.575. The van der Waals surface area contributed by atoms with Gasteiger partial charge in [0.15, 0.2) is 5.75 Å². The molecule has 0 radical (unpaired) electrons. The number of ether oxygens (including phenoxy) is 1. The highest BCUT2D eigenvalue weighted by Gasteiger charge is 2.46. The van der Waals surface area contributed by atoms with Crippen LogP contribution < -0.4 is 5.32 Å². The lowest BCUT2D eigenvalue weighted by atomic mass is 9.97. The van der Waals surface area contributed by atoms with Gasteiger partial charge in [-0.15, -0.1) is 0 Å². The summed E-state index contributed by atoms with van der Waals surface area (Å²) >= 11 is 0. The first-order chi connectivity index (χ1) is 10.8. The SMILES string of the molecule is COC(=O)c1cccc(NC(=O)C2(C)CCCN2C(=O)O)c1O. The molecule has 0 bridgehead atoms. The van der Waals surface area contributed by atoms with Crippen LogP contribution in [0.5, 0.6) is 5.75 Å². The summed E-state index contributed by atoms with van der Waals surface area (Å²) in [6.45, 7) is 1.80. The van der Waals surface area contributed by atoms with Gasteiger partial charge in [-0.1, -0.05) is 6.07 Å². The van der Waals surface area contributed by atoms with Crippen molar-refractivity contribution >= 4 is 23.7 Å². The summed E-state index contributed by atoms with van der Waals surface area (Å²) in [6, 6.07) is 4.26. The Morgan fingerprint density at radius 3 is 2.65 bits per heavy atom. The van der Waals surface area contributed by atoms with Gasteiger partial charge >= 0.3 is 12.1 Å². The predicted octanol–water partition coefficient (Wildman–Crippen LogP) is 1.65. The van der Waals surface area contributed by atoms with E-state index in [1.807, 2.05) is 0 Å². The molecule has 1 saturated heterocycles. The van der Waals surface area contributed by atoms with E-state index < -0.39 is 29.3 Å². The van der Waals surface area contributed by atoms with Crippen LogP contribution >= 0.6 is 0 Å². The Hall–Kier alpha value is -2.77. The van der Waals surface area contributed by atoms with Crippen LogP contribution in [0.3, 0.4) is 0 Å². The van der Waals surface area contributed by atoms with Gasteiger partial charge in [0.05, 0.1) is 12.8 Å². The Kier molecular flexibility index (Phi) is 4.44. The maximum Gasteiger partial charge on any atom is 0.408 e. The van der Waals surface area contributed by atoms with Gasteiger partial charge in [-0.3, -0.25) is 9.69 Å². The standard InChI is InChI=1S/C15H18N2O6/c1-15(7-4-8-17(15)14(21)22)13(20)16-10-6-3-5-9(11(10)18)12(19)23-2/h3,5-6,18H,4,7-8H2,1-2H3,(H,16,20)(H,21,22). The average molecular weight is 322 g/mol. The molecule has 124 valence electrons. The van der Waals surface area contributed by atoms with Crippen LogP contribution in [-0.2, 0) is 9.53 Å². The summed E-state index contributed by atoms with van der Waals surface area (Å²) in [7, 11) is 1.18. The first-order valence-corrected chi connectivity index (χ1v) is 7.03. The molecule has 1 fully saturated rings. The Balaban J connectivity index is 2.27. The maximum absolute atomic E-state index is 12.5. The summed E-state index contributed by atoms with van der Waals surface area (Å²) < 4.78 is 4.55. The molecule has 0 spiro atoms. The van der Waals surface area contributed by atoms with Gasteiger partial charge in [0.2, 0.25) is 5.91 Å². The number of anilines is 1. The fraction of sp³-hybridized carbons (Fsp3) is 0.400. The second-order valence-corrected chi connectivity index (χ2v) is 5.46. The zero-order valence-corrected chi connectivity index (χ0v) is 12.8. The molecule has 1 aliphatic rings. The lowest BCUT2D eigenvalue weighted by Crippen LogP contribution is -2.52. The fourth-order valence-corrected chi connectivity index (χ4v) is 2.68. The highest BCUT2D eigenvalue weighted by molar-refractivity contribution is 6.03. The number of nitrogens with one attached hydrogen (secondary N) is 1. The minimum atomic E-state index is -1.22. The molecule has 23 heavy (non-hydrogen) atoms. The predicted molar refractivity (Wildman–Crippen MR) is 80.4 cm³/mol. The molecule has 2 amide bonds. The number of nitrogens with zero attached hydrogens (tertiary/aromatic N) is 1. The largest absolute Gasteiger partial charge is 0.505 e. The van der Waals surface area contributed by atoms with Gasteiger partial charge in [0, 0.05) is 6.54 Å². The average Bonchev–Trinajstić information content (AvgIpc) is 2.92. The minimum Gasteiger partial charge on any atom is -0.505 e. The maximum atomic E-state index is 12.5. The van der Waals surface area contributed by atoms with Crippen LogP contribution in [0.4, 0.5) is 10.5 Å². The summed E-state index contributed by atoms with van der Waals surface area (Å²) in [5.41, 5.74) is -1.28. The molecule has 1 aromatic carbocycles. The van der Waals surface area contributed by atoms with E-state index in [-0.39, 0.29) is 17.8 Å². The summed E-state index contributed by atoms with van der Waals surface area (Å²) in [5, 5.41) is 21.8. The second kappa shape index (κ2) is 6.15. The van der Waals surface area contributed by atoms with Crippen molar-refractivity contribution in [2.24, 2.45) is 0 Å².